The van der Waals surface area contributed by atoms with Gasteiger partial charge in [0.25, 0.3) is 0 Å². The first kappa shape index (κ1) is 25.2. The van der Waals surface area contributed by atoms with Gasteiger partial charge in [0.1, 0.15) is 6.04 Å². The summed E-state index contributed by atoms with van der Waals surface area (Å²) in [5.74, 6) is -2.13. The Morgan fingerprint density at radius 1 is 1.03 bits per heavy atom. The molecule has 32 heavy (non-hydrogen) atoms. The quantitative estimate of drug-likeness (QED) is 0.574. The van der Waals surface area contributed by atoms with Crippen molar-refractivity contribution >= 4 is 50.8 Å². The molecular formula is C21H23ClN2O7S. The molecule has 0 fully saturated rings. The van der Waals surface area contributed by atoms with E-state index in [4.69, 9.17) is 16.3 Å². The standard InChI is InChI=1S/C21H23ClN2O7S/c1-5-18(24(32(4,28)29)15-9-7-14(22)8-10-15)19(25)23-17-12-13(20(26)30-2)6-11-16(17)21(27)31-3/h6-12,18H,5H2,1-4H3,(H,23,25). The predicted octanol–water partition coefficient (Wildman–Crippen LogP) is 3.10. The lowest BCUT2D eigenvalue weighted by Crippen LogP contribution is -2.47. The number of hydrogen-bond donors (Lipinski definition) is 1. The van der Waals surface area contributed by atoms with Gasteiger partial charge in [-0.05, 0) is 48.9 Å². The zero-order valence-electron chi connectivity index (χ0n) is 17.9. The summed E-state index contributed by atoms with van der Waals surface area (Å²) in [5, 5.41) is 2.95. The van der Waals surface area contributed by atoms with Crippen LogP contribution in [0, 0.1) is 0 Å². The van der Waals surface area contributed by atoms with E-state index in [0.29, 0.717) is 5.02 Å². The summed E-state index contributed by atoms with van der Waals surface area (Å²) in [6, 6.07) is 8.75. The first-order valence-electron chi connectivity index (χ1n) is 9.40. The SMILES string of the molecule is CCC(C(=O)Nc1cc(C(=O)OC)ccc1C(=O)OC)N(c1ccc(Cl)cc1)S(C)(=O)=O. The molecule has 1 N–H and O–H groups in total. The van der Waals surface area contributed by atoms with Crippen LogP contribution in [0.4, 0.5) is 11.4 Å². The van der Waals surface area contributed by atoms with Crippen LogP contribution in [0.15, 0.2) is 42.5 Å². The van der Waals surface area contributed by atoms with E-state index < -0.39 is 33.9 Å². The van der Waals surface area contributed by atoms with E-state index in [9.17, 15) is 22.8 Å². The largest absolute Gasteiger partial charge is 0.465 e. The lowest BCUT2D eigenvalue weighted by Gasteiger charge is -2.30. The van der Waals surface area contributed by atoms with E-state index in [0.717, 1.165) is 10.6 Å². The van der Waals surface area contributed by atoms with E-state index in [1.807, 2.05) is 0 Å². The number of amides is 1. The fourth-order valence-electron chi connectivity index (χ4n) is 3.04. The number of carbonyl (C=O) groups is 3. The molecule has 0 aliphatic rings. The van der Waals surface area contributed by atoms with Crippen molar-refractivity contribution in [3.05, 3.63) is 58.6 Å². The third-order valence-corrected chi connectivity index (χ3v) is 5.95. The van der Waals surface area contributed by atoms with Crippen molar-refractivity contribution in [2.45, 2.75) is 19.4 Å². The molecule has 0 aliphatic heterocycles. The van der Waals surface area contributed by atoms with E-state index in [1.165, 1.54) is 56.7 Å². The number of anilines is 2. The Hall–Kier alpha value is -3.11. The molecule has 0 spiro atoms. The molecular weight excluding hydrogens is 460 g/mol. The van der Waals surface area contributed by atoms with Gasteiger partial charge < -0.3 is 14.8 Å². The minimum atomic E-state index is -3.87. The maximum Gasteiger partial charge on any atom is 0.339 e. The molecule has 0 heterocycles. The Labute approximate surface area is 191 Å². The maximum atomic E-state index is 13.2. The Morgan fingerprint density at radius 3 is 2.12 bits per heavy atom. The van der Waals surface area contributed by atoms with Crippen molar-refractivity contribution in [3.63, 3.8) is 0 Å². The van der Waals surface area contributed by atoms with Crippen LogP contribution in [-0.2, 0) is 24.3 Å². The second-order valence-electron chi connectivity index (χ2n) is 6.69. The molecule has 2 aromatic carbocycles. The van der Waals surface area contributed by atoms with Crippen LogP contribution in [0.2, 0.25) is 5.02 Å². The van der Waals surface area contributed by atoms with Crippen LogP contribution in [0.3, 0.4) is 0 Å². The first-order chi connectivity index (χ1) is 15.0. The number of halogens is 1. The number of esters is 2. The highest BCUT2D eigenvalue weighted by atomic mass is 35.5. The second-order valence-corrected chi connectivity index (χ2v) is 8.99. The number of benzene rings is 2. The Morgan fingerprint density at radius 2 is 1.62 bits per heavy atom. The van der Waals surface area contributed by atoms with Gasteiger partial charge in [-0.25, -0.2) is 18.0 Å². The van der Waals surface area contributed by atoms with E-state index in [2.05, 4.69) is 10.1 Å². The number of nitrogens with zero attached hydrogens (tertiary/aromatic N) is 1. The van der Waals surface area contributed by atoms with E-state index in [-0.39, 0.29) is 28.9 Å². The summed E-state index contributed by atoms with van der Waals surface area (Å²) in [5.41, 5.74) is 0.296. The van der Waals surface area contributed by atoms with Crippen LogP contribution in [0.25, 0.3) is 0 Å². The molecule has 2 aromatic rings. The van der Waals surface area contributed by atoms with Gasteiger partial charge in [0.2, 0.25) is 15.9 Å². The van der Waals surface area contributed by atoms with Crippen LogP contribution >= 0.6 is 11.6 Å². The molecule has 0 aliphatic carbocycles. The lowest BCUT2D eigenvalue weighted by atomic mass is 10.1. The van der Waals surface area contributed by atoms with Gasteiger partial charge >= 0.3 is 11.9 Å². The Bertz CT molecular complexity index is 1120. The molecule has 172 valence electrons. The second kappa shape index (κ2) is 10.5. The van der Waals surface area contributed by atoms with Crippen molar-refractivity contribution in [3.8, 4) is 0 Å². The number of hydrogen-bond acceptors (Lipinski definition) is 7. The molecule has 2 rings (SSSR count). The normalized spacial score (nSPS) is 11.9. The molecule has 0 saturated heterocycles. The highest BCUT2D eigenvalue weighted by molar-refractivity contribution is 7.92. The maximum absolute atomic E-state index is 13.2. The lowest BCUT2D eigenvalue weighted by molar-refractivity contribution is -0.117. The third kappa shape index (κ3) is 5.77. The molecule has 9 nitrogen and oxygen atoms in total. The van der Waals surface area contributed by atoms with Crippen molar-refractivity contribution < 1.29 is 32.3 Å². The van der Waals surface area contributed by atoms with Crippen LogP contribution < -0.4 is 9.62 Å². The molecule has 11 heteroatoms. The summed E-state index contributed by atoms with van der Waals surface area (Å²) < 4.78 is 35.5. The number of ether oxygens (including phenoxy) is 2. The smallest absolute Gasteiger partial charge is 0.339 e. The summed E-state index contributed by atoms with van der Waals surface area (Å²) in [6.07, 6.45) is 1.10. The van der Waals surface area contributed by atoms with Crippen molar-refractivity contribution in [1.29, 1.82) is 0 Å². The number of rotatable bonds is 8. The minimum absolute atomic E-state index is 0.0132. The fourth-order valence-corrected chi connectivity index (χ4v) is 4.38. The number of sulfonamides is 1. The molecule has 0 bridgehead atoms. The van der Waals surface area contributed by atoms with Crippen molar-refractivity contribution in [2.24, 2.45) is 0 Å². The van der Waals surface area contributed by atoms with E-state index in [1.54, 1.807) is 6.92 Å². The van der Waals surface area contributed by atoms with Crippen LogP contribution in [-0.4, -0.2) is 52.8 Å². The first-order valence-corrected chi connectivity index (χ1v) is 11.6. The van der Waals surface area contributed by atoms with Gasteiger partial charge in [0.05, 0.1) is 43.0 Å². The summed E-state index contributed by atoms with van der Waals surface area (Å²) >= 11 is 5.90. The van der Waals surface area contributed by atoms with Gasteiger partial charge in [0.15, 0.2) is 0 Å². The summed E-state index contributed by atoms with van der Waals surface area (Å²) in [7, 11) is -1.51. The Balaban J connectivity index is 2.50. The summed E-state index contributed by atoms with van der Waals surface area (Å²) in [6.45, 7) is 1.64. The highest BCUT2D eigenvalue weighted by Crippen LogP contribution is 2.26. The zero-order chi connectivity index (χ0) is 24.1. The third-order valence-electron chi connectivity index (χ3n) is 4.51. The van der Waals surface area contributed by atoms with Crippen molar-refractivity contribution in [1.82, 2.24) is 0 Å². The zero-order valence-corrected chi connectivity index (χ0v) is 19.5. The molecule has 0 aromatic heterocycles. The molecule has 1 unspecified atom stereocenters. The van der Waals surface area contributed by atoms with Gasteiger partial charge in [-0.15, -0.1) is 0 Å². The van der Waals surface area contributed by atoms with E-state index >= 15 is 0 Å². The average Bonchev–Trinajstić information content (AvgIpc) is 2.76. The number of carbonyl (C=O) groups excluding carboxylic acids is 3. The molecule has 0 radical (unpaired) electrons. The van der Waals surface area contributed by atoms with Crippen LogP contribution in [0.5, 0.6) is 0 Å². The average molecular weight is 483 g/mol. The minimum Gasteiger partial charge on any atom is -0.465 e. The Kier molecular flexibility index (Phi) is 8.23. The number of methoxy groups -OCH3 is 2. The molecule has 1 amide bonds. The van der Waals surface area contributed by atoms with Crippen LogP contribution in [0.1, 0.15) is 34.1 Å². The van der Waals surface area contributed by atoms with Gasteiger partial charge in [-0.3, -0.25) is 9.10 Å². The highest BCUT2D eigenvalue weighted by Gasteiger charge is 2.32. The van der Waals surface area contributed by atoms with Gasteiger partial charge in [0, 0.05) is 5.02 Å². The predicted molar refractivity (Wildman–Crippen MR) is 121 cm³/mol. The van der Waals surface area contributed by atoms with Gasteiger partial charge in [-0.2, -0.15) is 0 Å². The number of nitrogens with one attached hydrogen (secondary N) is 1. The topological polar surface area (TPSA) is 119 Å². The monoisotopic (exact) mass is 482 g/mol. The van der Waals surface area contributed by atoms with Gasteiger partial charge in [-0.1, -0.05) is 18.5 Å². The summed E-state index contributed by atoms with van der Waals surface area (Å²) in [4.78, 5) is 37.2. The molecule has 1 atom stereocenters. The molecule has 0 saturated carbocycles. The fraction of sp³-hybridized carbons (Fsp3) is 0.286. The van der Waals surface area contributed by atoms with Crippen molar-refractivity contribution in [2.75, 3.05) is 30.1 Å².